The molecule has 1 atom stereocenters. The van der Waals surface area contributed by atoms with E-state index in [1.807, 2.05) is 73.7 Å². The minimum Gasteiger partial charge on any atom is -0.383 e. The van der Waals surface area contributed by atoms with Gasteiger partial charge in [-0.2, -0.15) is 0 Å². The van der Waals surface area contributed by atoms with Crippen LogP contribution >= 0.6 is 11.6 Å². The standard InChI is InChI=1S/C30H31ClN6O2/c1-21-7-6-10-24-19-26(30(38)32-27(21)24)28(29-33-34-35-37(29)17-18-39-2)36(16-15-22-8-4-3-5-9-22)20-23-11-13-25(31)14-12-23/h3-14,19,28H,15-18,20H2,1-2H3,(H,32,38). The molecule has 8 nitrogen and oxygen atoms in total. The summed E-state index contributed by atoms with van der Waals surface area (Å²) in [6, 6.07) is 25.6. The van der Waals surface area contributed by atoms with Crippen molar-refractivity contribution in [2.75, 3.05) is 20.3 Å². The van der Waals surface area contributed by atoms with Gasteiger partial charge in [-0.3, -0.25) is 9.69 Å². The molecule has 0 bridgehead atoms. The molecule has 5 aromatic rings. The van der Waals surface area contributed by atoms with Crippen molar-refractivity contribution < 1.29 is 4.74 Å². The van der Waals surface area contributed by atoms with Crippen LogP contribution in [0.5, 0.6) is 0 Å². The molecule has 1 N–H and O–H groups in total. The number of halogens is 1. The average Bonchev–Trinajstić information content (AvgIpc) is 3.41. The summed E-state index contributed by atoms with van der Waals surface area (Å²) in [7, 11) is 1.64. The Bertz CT molecular complexity index is 1580. The zero-order valence-electron chi connectivity index (χ0n) is 22.0. The average molecular weight is 543 g/mol. The Hall–Kier alpha value is -3.85. The van der Waals surface area contributed by atoms with Crippen LogP contribution in [-0.4, -0.2) is 50.4 Å². The number of para-hydroxylation sites is 1. The predicted molar refractivity (Wildman–Crippen MR) is 153 cm³/mol. The molecule has 0 spiro atoms. The summed E-state index contributed by atoms with van der Waals surface area (Å²) >= 11 is 6.19. The van der Waals surface area contributed by atoms with Crippen LogP contribution in [0.3, 0.4) is 0 Å². The Morgan fingerprint density at radius 3 is 2.59 bits per heavy atom. The molecule has 0 amide bonds. The number of hydrogen-bond acceptors (Lipinski definition) is 6. The van der Waals surface area contributed by atoms with Gasteiger partial charge in [0.15, 0.2) is 5.82 Å². The number of benzene rings is 3. The SMILES string of the molecule is COCCn1nnnc1C(c1cc2cccc(C)c2[nH]c1=O)N(CCc1ccccc1)Cc1ccc(Cl)cc1. The fourth-order valence-electron chi connectivity index (χ4n) is 4.89. The maximum absolute atomic E-state index is 13.7. The number of aryl methyl sites for hydroxylation is 1. The van der Waals surface area contributed by atoms with Gasteiger partial charge in [-0.25, -0.2) is 4.68 Å². The summed E-state index contributed by atoms with van der Waals surface area (Å²) in [5.74, 6) is 0.589. The van der Waals surface area contributed by atoms with Crippen LogP contribution in [0, 0.1) is 6.92 Å². The second-order valence-electron chi connectivity index (χ2n) is 9.58. The van der Waals surface area contributed by atoms with Crippen molar-refractivity contribution in [1.82, 2.24) is 30.1 Å². The molecule has 0 radical (unpaired) electrons. The minimum atomic E-state index is -0.509. The van der Waals surface area contributed by atoms with Gasteiger partial charge in [-0.1, -0.05) is 72.3 Å². The number of fused-ring (bicyclic) bond motifs is 1. The fraction of sp³-hybridized carbons (Fsp3) is 0.267. The summed E-state index contributed by atoms with van der Waals surface area (Å²) in [4.78, 5) is 19.1. The van der Waals surface area contributed by atoms with Gasteiger partial charge >= 0.3 is 0 Å². The first-order valence-electron chi connectivity index (χ1n) is 12.9. The Morgan fingerprint density at radius 1 is 1.03 bits per heavy atom. The van der Waals surface area contributed by atoms with Gasteiger partial charge in [0.2, 0.25) is 0 Å². The van der Waals surface area contributed by atoms with E-state index in [0.717, 1.165) is 28.5 Å². The molecule has 0 aliphatic heterocycles. The van der Waals surface area contributed by atoms with E-state index in [4.69, 9.17) is 16.3 Å². The highest BCUT2D eigenvalue weighted by Gasteiger charge is 2.30. The van der Waals surface area contributed by atoms with Crippen molar-refractivity contribution in [2.45, 2.75) is 32.5 Å². The van der Waals surface area contributed by atoms with Crippen LogP contribution in [-0.2, 0) is 24.2 Å². The number of pyridine rings is 1. The number of tetrazole rings is 1. The summed E-state index contributed by atoms with van der Waals surface area (Å²) in [6.45, 7) is 4.14. The smallest absolute Gasteiger partial charge is 0.253 e. The minimum absolute atomic E-state index is 0.163. The zero-order valence-corrected chi connectivity index (χ0v) is 22.8. The van der Waals surface area contributed by atoms with E-state index in [0.29, 0.717) is 42.7 Å². The van der Waals surface area contributed by atoms with Crippen LogP contribution in [0.15, 0.2) is 83.7 Å². The van der Waals surface area contributed by atoms with Gasteiger partial charge in [0.1, 0.15) is 6.04 Å². The molecule has 9 heteroatoms. The third kappa shape index (κ3) is 6.25. The fourth-order valence-corrected chi connectivity index (χ4v) is 5.01. The second kappa shape index (κ2) is 12.3. The largest absolute Gasteiger partial charge is 0.383 e. The van der Waals surface area contributed by atoms with Crippen LogP contribution in [0.25, 0.3) is 10.9 Å². The lowest BCUT2D eigenvalue weighted by Crippen LogP contribution is -2.36. The molecule has 5 rings (SSSR count). The summed E-state index contributed by atoms with van der Waals surface area (Å²) in [5, 5.41) is 14.3. The van der Waals surface area contributed by atoms with E-state index in [2.05, 4.69) is 37.5 Å². The lowest BCUT2D eigenvalue weighted by Gasteiger charge is -2.31. The highest BCUT2D eigenvalue weighted by molar-refractivity contribution is 6.30. The summed E-state index contributed by atoms with van der Waals surface area (Å²) in [5.41, 5.74) is 4.55. The first-order valence-corrected chi connectivity index (χ1v) is 13.3. The highest BCUT2D eigenvalue weighted by atomic mass is 35.5. The molecule has 2 aromatic heterocycles. The van der Waals surface area contributed by atoms with Gasteiger partial charge in [0.25, 0.3) is 5.56 Å². The number of methoxy groups -OCH3 is 1. The molecule has 0 aliphatic rings. The molecule has 200 valence electrons. The molecule has 3 aromatic carbocycles. The topological polar surface area (TPSA) is 88.9 Å². The number of rotatable bonds is 11. The van der Waals surface area contributed by atoms with Gasteiger partial charge in [-0.15, -0.1) is 5.10 Å². The Morgan fingerprint density at radius 2 is 1.82 bits per heavy atom. The molecule has 0 saturated carbocycles. The van der Waals surface area contributed by atoms with E-state index in [9.17, 15) is 4.79 Å². The van der Waals surface area contributed by atoms with E-state index in [-0.39, 0.29) is 5.56 Å². The molecule has 0 aliphatic carbocycles. The highest BCUT2D eigenvalue weighted by Crippen LogP contribution is 2.29. The van der Waals surface area contributed by atoms with Crippen molar-refractivity contribution >= 4 is 22.5 Å². The number of aromatic nitrogens is 5. The molecule has 2 heterocycles. The third-order valence-corrected chi connectivity index (χ3v) is 7.17. The van der Waals surface area contributed by atoms with E-state index in [1.54, 1.807) is 11.8 Å². The van der Waals surface area contributed by atoms with Crippen LogP contribution in [0.2, 0.25) is 5.02 Å². The van der Waals surface area contributed by atoms with E-state index < -0.39 is 6.04 Å². The van der Waals surface area contributed by atoms with Gasteiger partial charge in [0, 0.05) is 30.8 Å². The van der Waals surface area contributed by atoms with Gasteiger partial charge < -0.3 is 9.72 Å². The monoisotopic (exact) mass is 542 g/mol. The number of H-pyrrole nitrogens is 1. The second-order valence-corrected chi connectivity index (χ2v) is 10.0. The quantitative estimate of drug-likeness (QED) is 0.254. The van der Waals surface area contributed by atoms with E-state index in [1.165, 1.54) is 5.56 Å². The number of nitrogens with one attached hydrogen (secondary N) is 1. The number of nitrogens with zero attached hydrogens (tertiary/aromatic N) is 5. The van der Waals surface area contributed by atoms with Crippen LogP contribution in [0.1, 0.15) is 34.1 Å². The maximum atomic E-state index is 13.7. The molecular formula is C30H31ClN6O2. The Balaban J connectivity index is 1.64. The van der Waals surface area contributed by atoms with Gasteiger partial charge in [0.05, 0.1) is 18.7 Å². The van der Waals surface area contributed by atoms with E-state index >= 15 is 0 Å². The van der Waals surface area contributed by atoms with Gasteiger partial charge in [-0.05, 0) is 64.0 Å². The van der Waals surface area contributed by atoms with Crippen molar-refractivity contribution in [3.05, 3.63) is 122 Å². The molecule has 1 unspecified atom stereocenters. The number of aromatic amines is 1. The van der Waals surface area contributed by atoms with Crippen LogP contribution in [0.4, 0.5) is 0 Å². The summed E-state index contributed by atoms with van der Waals surface area (Å²) in [6.07, 6.45) is 0.787. The molecule has 0 saturated heterocycles. The van der Waals surface area contributed by atoms with Crippen LogP contribution < -0.4 is 5.56 Å². The molecule has 0 fully saturated rings. The van der Waals surface area contributed by atoms with Crippen molar-refractivity contribution in [2.24, 2.45) is 0 Å². The van der Waals surface area contributed by atoms with Crippen molar-refractivity contribution in [1.29, 1.82) is 0 Å². The number of hydrogen-bond donors (Lipinski definition) is 1. The maximum Gasteiger partial charge on any atom is 0.253 e. The Labute approximate surface area is 232 Å². The number of ether oxygens (including phenoxy) is 1. The lowest BCUT2D eigenvalue weighted by atomic mass is 10.0. The first kappa shape index (κ1) is 26.7. The van der Waals surface area contributed by atoms with Crippen molar-refractivity contribution in [3.8, 4) is 0 Å². The summed E-state index contributed by atoms with van der Waals surface area (Å²) < 4.78 is 7.04. The first-order chi connectivity index (χ1) is 19.0. The Kier molecular flexibility index (Phi) is 8.46. The molecule has 39 heavy (non-hydrogen) atoms. The predicted octanol–water partition coefficient (Wildman–Crippen LogP) is 4.96. The zero-order chi connectivity index (χ0) is 27.2. The lowest BCUT2D eigenvalue weighted by molar-refractivity contribution is 0.172. The molecular weight excluding hydrogens is 512 g/mol. The normalized spacial score (nSPS) is 12.3. The van der Waals surface area contributed by atoms with Crippen molar-refractivity contribution in [3.63, 3.8) is 0 Å². The third-order valence-electron chi connectivity index (χ3n) is 6.92.